The molecule has 0 aliphatic carbocycles. The van der Waals surface area contributed by atoms with Crippen molar-refractivity contribution in [3.63, 3.8) is 0 Å². The minimum absolute atomic E-state index is 0.0290. The quantitative estimate of drug-likeness (QED) is 0.821. The zero-order valence-corrected chi connectivity index (χ0v) is 10.7. The normalized spacial score (nSPS) is 13.1. The van der Waals surface area contributed by atoms with Crippen molar-refractivity contribution in [2.75, 3.05) is 0 Å². The molecule has 1 amide bonds. The fourth-order valence-corrected chi connectivity index (χ4v) is 1.96. The van der Waals surface area contributed by atoms with Crippen molar-refractivity contribution in [1.29, 1.82) is 0 Å². The van der Waals surface area contributed by atoms with Crippen LogP contribution in [0.1, 0.15) is 13.3 Å². The molecule has 1 aromatic rings. The van der Waals surface area contributed by atoms with Gasteiger partial charge in [0.25, 0.3) is 15.0 Å². The van der Waals surface area contributed by atoms with Gasteiger partial charge in [0.05, 0.1) is 4.90 Å². The van der Waals surface area contributed by atoms with Crippen molar-refractivity contribution in [3.05, 3.63) is 24.3 Å². The molecule has 0 aromatic heterocycles. The van der Waals surface area contributed by atoms with Crippen molar-refractivity contribution >= 4 is 25.6 Å². The van der Waals surface area contributed by atoms with Gasteiger partial charge in [0.1, 0.15) is 5.75 Å². The number of amides is 1. The van der Waals surface area contributed by atoms with Gasteiger partial charge in [-0.15, -0.1) is 0 Å². The number of rotatable bonds is 5. The fraction of sp³-hybridized carbons (Fsp3) is 0.300. The monoisotopic (exact) mass is 277 g/mol. The van der Waals surface area contributed by atoms with Crippen LogP contribution in [-0.2, 0) is 13.8 Å². The van der Waals surface area contributed by atoms with Crippen LogP contribution in [0, 0.1) is 0 Å². The van der Waals surface area contributed by atoms with E-state index in [2.05, 4.69) is 0 Å². The summed E-state index contributed by atoms with van der Waals surface area (Å²) in [5.41, 5.74) is 5.11. The highest BCUT2D eigenvalue weighted by Gasteiger charge is 2.15. The van der Waals surface area contributed by atoms with E-state index in [1.807, 2.05) is 0 Å². The Balaban J connectivity index is 2.85. The molecule has 0 spiro atoms. The molecular formula is C10H12ClNO4S. The summed E-state index contributed by atoms with van der Waals surface area (Å²) in [5.74, 6) is -0.207. The van der Waals surface area contributed by atoms with Gasteiger partial charge in [-0.05, 0) is 30.7 Å². The molecule has 2 N–H and O–H groups in total. The second kappa shape index (κ2) is 5.37. The number of hydrogen-bond donors (Lipinski definition) is 1. The first-order valence-electron chi connectivity index (χ1n) is 4.85. The minimum atomic E-state index is -3.74. The molecule has 0 fully saturated rings. The maximum absolute atomic E-state index is 11.0. The predicted octanol–water partition coefficient (Wildman–Crippen LogP) is 1.26. The zero-order valence-electron chi connectivity index (χ0n) is 9.09. The molecule has 1 atom stereocenters. The molecule has 0 radical (unpaired) electrons. The third-order valence-electron chi connectivity index (χ3n) is 2.07. The summed E-state index contributed by atoms with van der Waals surface area (Å²) < 4.78 is 27.2. The number of primary amides is 1. The zero-order chi connectivity index (χ0) is 13.1. The van der Waals surface area contributed by atoms with Gasteiger partial charge in [-0.2, -0.15) is 0 Å². The Morgan fingerprint density at radius 3 is 2.29 bits per heavy atom. The molecule has 5 nitrogen and oxygen atoms in total. The van der Waals surface area contributed by atoms with Crippen LogP contribution in [0.5, 0.6) is 5.75 Å². The third kappa shape index (κ3) is 3.90. The van der Waals surface area contributed by atoms with Gasteiger partial charge < -0.3 is 10.5 Å². The Kier molecular flexibility index (Phi) is 4.36. The van der Waals surface area contributed by atoms with E-state index in [-0.39, 0.29) is 4.90 Å². The molecule has 0 aliphatic rings. The summed E-state index contributed by atoms with van der Waals surface area (Å²) in [7, 11) is 1.41. The summed E-state index contributed by atoms with van der Waals surface area (Å²) >= 11 is 0. The van der Waals surface area contributed by atoms with E-state index in [0.717, 1.165) is 0 Å². The number of carbonyl (C=O) groups is 1. The molecule has 0 saturated heterocycles. The van der Waals surface area contributed by atoms with E-state index in [4.69, 9.17) is 21.2 Å². The van der Waals surface area contributed by atoms with Crippen molar-refractivity contribution in [2.24, 2.45) is 5.73 Å². The fourth-order valence-electron chi connectivity index (χ4n) is 1.19. The van der Waals surface area contributed by atoms with Crippen LogP contribution >= 0.6 is 10.7 Å². The first kappa shape index (κ1) is 13.8. The molecule has 0 saturated carbocycles. The highest BCUT2D eigenvalue weighted by atomic mass is 35.7. The summed E-state index contributed by atoms with van der Waals surface area (Å²) in [6, 6.07) is 5.43. The van der Waals surface area contributed by atoms with Crippen molar-refractivity contribution in [3.8, 4) is 5.75 Å². The molecule has 0 aliphatic heterocycles. The van der Waals surface area contributed by atoms with Crippen molar-refractivity contribution in [1.82, 2.24) is 0 Å². The van der Waals surface area contributed by atoms with E-state index in [1.165, 1.54) is 24.3 Å². The van der Waals surface area contributed by atoms with Gasteiger partial charge in [0.15, 0.2) is 6.10 Å². The maximum Gasteiger partial charge on any atom is 0.261 e. The van der Waals surface area contributed by atoms with Gasteiger partial charge in [0, 0.05) is 10.7 Å². The Morgan fingerprint density at radius 1 is 1.41 bits per heavy atom. The molecule has 1 unspecified atom stereocenters. The van der Waals surface area contributed by atoms with Crippen molar-refractivity contribution in [2.45, 2.75) is 24.3 Å². The van der Waals surface area contributed by atoms with Gasteiger partial charge in [-0.3, -0.25) is 4.79 Å². The van der Waals surface area contributed by atoms with Crippen LogP contribution in [0.3, 0.4) is 0 Å². The van der Waals surface area contributed by atoms with E-state index in [9.17, 15) is 13.2 Å². The lowest BCUT2D eigenvalue weighted by Crippen LogP contribution is -2.32. The summed E-state index contributed by atoms with van der Waals surface area (Å²) in [6.07, 6.45) is -0.293. The Labute approximate surface area is 104 Å². The summed E-state index contributed by atoms with van der Waals surface area (Å²) in [6.45, 7) is 1.76. The Bertz CT molecular complexity index is 498. The molecule has 1 aromatic carbocycles. The molecule has 17 heavy (non-hydrogen) atoms. The molecule has 94 valence electrons. The van der Waals surface area contributed by atoms with Crippen LogP contribution in [0.15, 0.2) is 29.2 Å². The van der Waals surface area contributed by atoms with Gasteiger partial charge in [-0.25, -0.2) is 8.42 Å². The van der Waals surface area contributed by atoms with Crippen LogP contribution < -0.4 is 10.5 Å². The summed E-state index contributed by atoms with van der Waals surface area (Å²) in [5, 5.41) is 0. The van der Waals surface area contributed by atoms with Gasteiger partial charge in [-0.1, -0.05) is 6.92 Å². The second-order valence-electron chi connectivity index (χ2n) is 3.33. The van der Waals surface area contributed by atoms with E-state index in [1.54, 1.807) is 6.92 Å². The molecule has 1 rings (SSSR count). The third-order valence-corrected chi connectivity index (χ3v) is 3.44. The van der Waals surface area contributed by atoms with Crippen LogP contribution in [0.2, 0.25) is 0 Å². The second-order valence-corrected chi connectivity index (χ2v) is 5.89. The highest BCUT2D eigenvalue weighted by molar-refractivity contribution is 8.13. The number of carbonyl (C=O) groups excluding carboxylic acids is 1. The lowest BCUT2D eigenvalue weighted by Gasteiger charge is -2.13. The number of halogens is 1. The van der Waals surface area contributed by atoms with Crippen LogP contribution in [-0.4, -0.2) is 20.4 Å². The van der Waals surface area contributed by atoms with Gasteiger partial charge in [0.2, 0.25) is 0 Å². The highest BCUT2D eigenvalue weighted by Crippen LogP contribution is 2.20. The number of nitrogens with two attached hydrogens (primary N) is 1. The molecule has 7 heteroatoms. The Hall–Kier alpha value is -1.27. The number of benzene rings is 1. The van der Waals surface area contributed by atoms with Crippen molar-refractivity contribution < 1.29 is 17.9 Å². The largest absolute Gasteiger partial charge is 0.481 e. The average Bonchev–Trinajstić information content (AvgIpc) is 2.25. The number of hydrogen-bond acceptors (Lipinski definition) is 4. The summed E-state index contributed by atoms with van der Waals surface area (Å²) in [4.78, 5) is 10.9. The topological polar surface area (TPSA) is 86.5 Å². The maximum atomic E-state index is 11.0. The van der Waals surface area contributed by atoms with Crippen LogP contribution in [0.25, 0.3) is 0 Å². The molecular weight excluding hydrogens is 266 g/mol. The smallest absolute Gasteiger partial charge is 0.261 e. The lowest BCUT2D eigenvalue weighted by molar-refractivity contribution is -0.124. The van der Waals surface area contributed by atoms with E-state index < -0.39 is 21.1 Å². The van der Waals surface area contributed by atoms with Gasteiger partial charge >= 0.3 is 0 Å². The molecule has 0 bridgehead atoms. The van der Waals surface area contributed by atoms with E-state index in [0.29, 0.717) is 12.2 Å². The average molecular weight is 278 g/mol. The number of ether oxygens (including phenoxy) is 1. The molecule has 0 heterocycles. The van der Waals surface area contributed by atoms with E-state index >= 15 is 0 Å². The van der Waals surface area contributed by atoms with Crippen LogP contribution in [0.4, 0.5) is 0 Å². The first-order valence-corrected chi connectivity index (χ1v) is 7.16. The first-order chi connectivity index (χ1) is 7.84. The minimum Gasteiger partial charge on any atom is -0.481 e. The standard InChI is InChI=1S/C10H12ClNO4S/c1-2-9(10(12)13)16-7-3-5-8(6-4-7)17(11,14)15/h3-6,9H,2H2,1H3,(H2,12,13). The predicted molar refractivity (Wildman–Crippen MR) is 63.4 cm³/mol. The Morgan fingerprint density at radius 2 is 1.94 bits per heavy atom. The lowest BCUT2D eigenvalue weighted by atomic mass is 10.2. The SMILES string of the molecule is CCC(Oc1ccc(S(=O)(=O)Cl)cc1)C(N)=O.